The maximum Gasteiger partial charge on any atom is 0.334 e. The maximum atomic E-state index is 12.6. The molecule has 0 unspecified atom stereocenters. The Morgan fingerprint density at radius 1 is 1.10 bits per heavy atom. The third-order valence-electron chi connectivity index (χ3n) is 3.20. The van der Waals surface area contributed by atoms with E-state index < -0.39 is 18.2 Å². The quantitative estimate of drug-likeness (QED) is 0.808. The molecule has 21 heavy (non-hydrogen) atoms. The average Bonchev–Trinajstić information content (AvgIpc) is 2.71. The molecule has 6 heteroatoms. The smallest absolute Gasteiger partial charge is 0.334 e. The number of para-hydroxylation sites is 1. The van der Waals surface area contributed by atoms with Crippen molar-refractivity contribution in [3.8, 4) is 5.69 Å². The van der Waals surface area contributed by atoms with Gasteiger partial charge in [-0.1, -0.05) is 29.8 Å². The molecule has 0 amide bonds. The van der Waals surface area contributed by atoms with Crippen molar-refractivity contribution in [2.24, 2.45) is 0 Å². The molecule has 0 fully saturated rings. The lowest BCUT2D eigenvalue weighted by Gasteiger charge is -2.02. The van der Waals surface area contributed by atoms with Crippen molar-refractivity contribution in [3.63, 3.8) is 0 Å². The van der Waals surface area contributed by atoms with Crippen molar-refractivity contribution < 1.29 is 9.90 Å². The number of rotatable bonds is 3. The summed E-state index contributed by atoms with van der Waals surface area (Å²) in [7, 11) is 0. The van der Waals surface area contributed by atoms with Crippen LogP contribution in [0.2, 0.25) is 5.02 Å². The van der Waals surface area contributed by atoms with E-state index in [1.165, 1.54) is 9.13 Å². The first kappa shape index (κ1) is 13.5. The van der Waals surface area contributed by atoms with E-state index in [9.17, 15) is 9.59 Å². The first-order valence-corrected chi connectivity index (χ1v) is 6.64. The molecule has 0 radical (unpaired) electrons. The van der Waals surface area contributed by atoms with Gasteiger partial charge in [-0.3, -0.25) is 13.9 Å². The van der Waals surface area contributed by atoms with Crippen molar-refractivity contribution in [3.05, 3.63) is 64.0 Å². The number of aromatic nitrogens is 2. The monoisotopic (exact) mass is 302 g/mol. The van der Waals surface area contributed by atoms with Crippen LogP contribution in [0.1, 0.15) is 0 Å². The summed E-state index contributed by atoms with van der Waals surface area (Å²) in [6.07, 6.45) is 0. The second-order valence-corrected chi connectivity index (χ2v) is 5.00. The fraction of sp³-hybridized carbons (Fsp3) is 0.0667. The van der Waals surface area contributed by atoms with Crippen molar-refractivity contribution in [1.82, 2.24) is 9.13 Å². The Morgan fingerprint density at radius 3 is 2.48 bits per heavy atom. The van der Waals surface area contributed by atoms with E-state index in [0.29, 0.717) is 21.7 Å². The zero-order valence-corrected chi connectivity index (χ0v) is 11.6. The third kappa shape index (κ3) is 2.32. The summed E-state index contributed by atoms with van der Waals surface area (Å²) in [5, 5.41) is 9.48. The largest absolute Gasteiger partial charge is 0.480 e. The molecular formula is C15H11ClN2O3. The van der Waals surface area contributed by atoms with Gasteiger partial charge in [-0.25, -0.2) is 4.79 Å². The molecule has 0 aliphatic carbocycles. The lowest BCUT2D eigenvalue weighted by molar-refractivity contribution is -0.137. The van der Waals surface area contributed by atoms with E-state index in [-0.39, 0.29) is 0 Å². The van der Waals surface area contributed by atoms with Crippen LogP contribution in [0.5, 0.6) is 0 Å². The van der Waals surface area contributed by atoms with E-state index in [4.69, 9.17) is 16.7 Å². The highest BCUT2D eigenvalue weighted by Gasteiger charge is 2.16. The summed E-state index contributed by atoms with van der Waals surface area (Å²) in [5.74, 6) is -1.07. The molecule has 0 saturated carbocycles. The molecular weight excluding hydrogens is 292 g/mol. The molecule has 5 nitrogen and oxygen atoms in total. The van der Waals surface area contributed by atoms with Crippen molar-refractivity contribution in [2.75, 3.05) is 0 Å². The zero-order chi connectivity index (χ0) is 15.0. The molecule has 1 aromatic heterocycles. The van der Waals surface area contributed by atoms with Gasteiger partial charge in [0.25, 0.3) is 0 Å². The second kappa shape index (κ2) is 5.10. The topological polar surface area (TPSA) is 64.2 Å². The molecule has 0 saturated heterocycles. The normalized spacial score (nSPS) is 10.9. The number of imidazole rings is 1. The molecule has 0 bridgehead atoms. The van der Waals surface area contributed by atoms with Crippen molar-refractivity contribution in [1.29, 1.82) is 0 Å². The summed E-state index contributed by atoms with van der Waals surface area (Å²) in [6, 6.07) is 14.0. The second-order valence-electron chi connectivity index (χ2n) is 4.57. The number of hydrogen-bond acceptors (Lipinski definition) is 2. The molecule has 0 aliphatic rings. The van der Waals surface area contributed by atoms with E-state index in [1.807, 2.05) is 18.2 Å². The van der Waals surface area contributed by atoms with Crippen LogP contribution in [0.4, 0.5) is 0 Å². The minimum atomic E-state index is -1.07. The highest BCUT2D eigenvalue weighted by molar-refractivity contribution is 6.31. The molecule has 1 N–H and O–H groups in total. The molecule has 0 aliphatic heterocycles. The molecule has 0 spiro atoms. The number of fused-ring (bicyclic) bond motifs is 1. The predicted molar refractivity (Wildman–Crippen MR) is 80.2 cm³/mol. The van der Waals surface area contributed by atoms with E-state index in [0.717, 1.165) is 0 Å². The van der Waals surface area contributed by atoms with Crippen LogP contribution in [-0.2, 0) is 11.3 Å². The first-order chi connectivity index (χ1) is 10.1. The lowest BCUT2D eigenvalue weighted by Crippen LogP contribution is -2.26. The van der Waals surface area contributed by atoms with Gasteiger partial charge in [0.15, 0.2) is 0 Å². The van der Waals surface area contributed by atoms with Crippen LogP contribution in [0, 0.1) is 0 Å². The van der Waals surface area contributed by atoms with Crippen LogP contribution in [0.15, 0.2) is 53.3 Å². The fourth-order valence-corrected chi connectivity index (χ4v) is 2.51. The number of halogens is 1. The van der Waals surface area contributed by atoms with Gasteiger partial charge in [-0.15, -0.1) is 0 Å². The fourth-order valence-electron chi connectivity index (χ4n) is 2.35. The number of carboxylic acid groups (broad SMARTS) is 1. The number of carboxylic acids is 1. The highest BCUT2D eigenvalue weighted by Crippen LogP contribution is 2.21. The van der Waals surface area contributed by atoms with Gasteiger partial charge in [0.1, 0.15) is 6.54 Å². The standard InChI is InChI=1S/C15H11ClN2O3/c16-10-6-7-12-13(8-10)18(11-4-2-1-3-5-11)15(21)17(12)9-14(19)20/h1-8H,9H2,(H,19,20). The van der Waals surface area contributed by atoms with Gasteiger partial charge in [0.2, 0.25) is 0 Å². The molecule has 2 aromatic carbocycles. The number of aliphatic carboxylic acids is 1. The van der Waals surface area contributed by atoms with Gasteiger partial charge in [0, 0.05) is 5.02 Å². The first-order valence-electron chi connectivity index (χ1n) is 6.26. The molecule has 3 rings (SSSR count). The number of carbonyl (C=O) groups is 1. The van der Waals surface area contributed by atoms with Crippen LogP contribution >= 0.6 is 11.6 Å². The number of hydrogen-bond donors (Lipinski definition) is 1. The van der Waals surface area contributed by atoms with Crippen LogP contribution < -0.4 is 5.69 Å². The van der Waals surface area contributed by atoms with Crippen LogP contribution in [0.25, 0.3) is 16.7 Å². The van der Waals surface area contributed by atoms with Crippen molar-refractivity contribution in [2.45, 2.75) is 6.54 Å². The SMILES string of the molecule is O=C(O)Cn1c(=O)n(-c2ccccc2)c2cc(Cl)ccc21. The predicted octanol–water partition coefficient (Wildman–Crippen LogP) is 2.53. The average molecular weight is 303 g/mol. The van der Waals surface area contributed by atoms with Gasteiger partial charge in [-0.05, 0) is 30.3 Å². The van der Waals surface area contributed by atoms with Gasteiger partial charge in [0.05, 0.1) is 16.7 Å². The molecule has 3 aromatic rings. The Labute approximate surface area is 124 Å². The molecule has 106 valence electrons. The Hall–Kier alpha value is -2.53. The van der Waals surface area contributed by atoms with Crippen molar-refractivity contribution >= 4 is 28.6 Å². The highest BCUT2D eigenvalue weighted by atomic mass is 35.5. The van der Waals surface area contributed by atoms with Crippen LogP contribution in [0.3, 0.4) is 0 Å². The van der Waals surface area contributed by atoms with E-state index in [2.05, 4.69) is 0 Å². The third-order valence-corrected chi connectivity index (χ3v) is 3.43. The Morgan fingerprint density at radius 2 is 1.81 bits per heavy atom. The Bertz CT molecular complexity index is 881. The number of nitrogens with zero attached hydrogens (tertiary/aromatic N) is 2. The molecule has 0 atom stereocenters. The zero-order valence-electron chi connectivity index (χ0n) is 10.9. The summed E-state index contributed by atoms with van der Waals surface area (Å²) in [4.78, 5) is 23.5. The minimum Gasteiger partial charge on any atom is -0.480 e. The summed E-state index contributed by atoms with van der Waals surface area (Å²) in [6.45, 7) is -0.392. The number of benzene rings is 2. The van der Waals surface area contributed by atoms with Gasteiger partial charge < -0.3 is 5.11 Å². The van der Waals surface area contributed by atoms with Gasteiger partial charge in [-0.2, -0.15) is 0 Å². The maximum absolute atomic E-state index is 12.6. The summed E-state index contributed by atoms with van der Waals surface area (Å²) >= 11 is 6.00. The lowest BCUT2D eigenvalue weighted by atomic mass is 10.3. The molecule has 1 heterocycles. The van der Waals surface area contributed by atoms with Gasteiger partial charge >= 0.3 is 11.7 Å². The van der Waals surface area contributed by atoms with Crippen LogP contribution in [-0.4, -0.2) is 20.2 Å². The van der Waals surface area contributed by atoms with E-state index >= 15 is 0 Å². The Kier molecular flexibility index (Phi) is 3.27. The summed E-state index contributed by atoms with van der Waals surface area (Å²) in [5.41, 5.74) is 1.38. The summed E-state index contributed by atoms with van der Waals surface area (Å²) < 4.78 is 2.69. The minimum absolute atomic E-state index is 0.392. The Balaban J connectivity index is 2.38. The van der Waals surface area contributed by atoms with E-state index in [1.54, 1.807) is 30.3 Å².